The molecule has 2 bridgehead atoms. The van der Waals surface area contributed by atoms with Crippen LogP contribution in [0.1, 0.15) is 12.8 Å². The number of carbonyl (C=O) groups is 2. The quantitative estimate of drug-likeness (QED) is 0.552. The fraction of sp³-hybridized carbons (Fsp3) is 0.714. The fourth-order valence-electron chi connectivity index (χ4n) is 1.91. The third kappa shape index (κ3) is 1.06. The molecule has 0 spiro atoms. The van der Waals surface area contributed by atoms with Crippen molar-refractivity contribution in [3.63, 3.8) is 0 Å². The van der Waals surface area contributed by atoms with E-state index in [1.807, 2.05) is 0 Å². The third-order valence-electron chi connectivity index (χ3n) is 2.63. The van der Waals surface area contributed by atoms with Crippen LogP contribution in [-0.4, -0.2) is 50.9 Å². The zero-order chi connectivity index (χ0) is 9.59. The van der Waals surface area contributed by atoms with E-state index in [0.29, 0.717) is 24.4 Å². The Morgan fingerprint density at radius 1 is 1.46 bits per heavy atom. The van der Waals surface area contributed by atoms with Gasteiger partial charge < -0.3 is 10.0 Å². The Hall–Kier alpha value is -1.30. The number of carbonyl (C=O) groups excluding carboxylic acids is 1. The first kappa shape index (κ1) is 8.31. The highest BCUT2D eigenvalue weighted by atomic mass is 16.5. The number of amides is 2. The molecule has 6 heteroatoms. The highest BCUT2D eigenvalue weighted by Gasteiger charge is 2.46. The van der Waals surface area contributed by atoms with Gasteiger partial charge in [-0.25, -0.2) is 14.7 Å². The Morgan fingerprint density at radius 2 is 2.15 bits per heavy atom. The molecule has 2 amide bonds. The summed E-state index contributed by atoms with van der Waals surface area (Å²) < 4.78 is 0. The fourth-order valence-corrected chi connectivity index (χ4v) is 1.91. The van der Waals surface area contributed by atoms with Gasteiger partial charge in [-0.1, -0.05) is 0 Å². The lowest BCUT2D eigenvalue weighted by molar-refractivity contribution is -0.142. The predicted octanol–water partition coefficient (Wildman–Crippen LogP) is -0.271. The summed E-state index contributed by atoms with van der Waals surface area (Å²) in [5.74, 6) is -0.998. The Labute approximate surface area is 74.3 Å². The lowest BCUT2D eigenvalue weighted by Crippen LogP contribution is -2.44. The van der Waals surface area contributed by atoms with Gasteiger partial charge >= 0.3 is 12.0 Å². The molecule has 2 atom stereocenters. The maximum absolute atomic E-state index is 11.2. The number of carboxylic acid groups (broad SMARTS) is 1. The number of rotatable bonds is 1. The van der Waals surface area contributed by atoms with Crippen LogP contribution in [0.15, 0.2) is 0 Å². The molecule has 2 saturated heterocycles. The van der Waals surface area contributed by atoms with E-state index >= 15 is 0 Å². The molecule has 2 unspecified atom stereocenters. The first-order valence-corrected chi connectivity index (χ1v) is 4.13. The first-order valence-electron chi connectivity index (χ1n) is 4.13. The third-order valence-corrected chi connectivity index (χ3v) is 2.63. The van der Waals surface area contributed by atoms with Crippen LogP contribution in [0.3, 0.4) is 0 Å². The maximum atomic E-state index is 11.2. The van der Waals surface area contributed by atoms with Crippen molar-refractivity contribution in [2.24, 2.45) is 0 Å². The van der Waals surface area contributed by atoms with Crippen molar-refractivity contribution in [1.82, 2.24) is 9.96 Å². The van der Waals surface area contributed by atoms with Gasteiger partial charge in [-0.3, -0.25) is 5.21 Å². The molecule has 0 aromatic carbocycles. The number of carboxylic acids is 1. The zero-order valence-corrected chi connectivity index (χ0v) is 6.88. The monoisotopic (exact) mass is 186 g/mol. The van der Waals surface area contributed by atoms with Crippen molar-refractivity contribution in [3.05, 3.63) is 0 Å². The van der Waals surface area contributed by atoms with Crippen molar-refractivity contribution in [2.45, 2.75) is 24.9 Å². The molecule has 0 radical (unpaired) electrons. The molecule has 2 rings (SSSR count). The van der Waals surface area contributed by atoms with Crippen LogP contribution in [0.5, 0.6) is 0 Å². The van der Waals surface area contributed by atoms with Gasteiger partial charge in [0, 0.05) is 6.54 Å². The van der Waals surface area contributed by atoms with Crippen molar-refractivity contribution in [3.8, 4) is 0 Å². The van der Waals surface area contributed by atoms with Gasteiger partial charge in [0.05, 0.1) is 6.04 Å². The number of nitrogens with zero attached hydrogens (tertiary/aromatic N) is 2. The molecule has 0 saturated carbocycles. The average Bonchev–Trinajstić information content (AvgIpc) is 2.32. The molecular weight excluding hydrogens is 176 g/mol. The smallest absolute Gasteiger partial charge is 0.344 e. The molecular formula is C7H10N2O4. The van der Waals surface area contributed by atoms with Gasteiger partial charge in [-0.15, -0.1) is 0 Å². The Morgan fingerprint density at radius 3 is 2.77 bits per heavy atom. The highest BCUT2D eigenvalue weighted by Crippen LogP contribution is 2.28. The van der Waals surface area contributed by atoms with Crippen LogP contribution in [0, 0.1) is 0 Å². The number of fused-ring (bicyclic) bond motifs is 2. The average molecular weight is 186 g/mol. The Kier molecular flexibility index (Phi) is 1.66. The van der Waals surface area contributed by atoms with Crippen LogP contribution < -0.4 is 0 Å². The highest BCUT2D eigenvalue weighted by molar-refractivity contribution is 5.84. The van der Waals surface area contributed by atoms with E-state index in [1.165, 1.54) is 4.90 Å². The second-order valence-corrected chi connectivity index (χ2v) is 3.36. The number of hydrogen-bond donors (Lipinski definition) is 2. The molecule has 2 N–H and O–H groups in total. The van der Waals surface area contributed by atoms with Gasteiger partial charge in [-0.2, -0.15) is 0 Å². The predicted molar refractivity (Wildman–Crippen MR) is 40.2 cm³/mol. The van der Waals surface area contributed by atoms with Crippen molar-refractivity contribution >= 4 is 12.0 Å². The maximum Gasteiger partial charge on any atom is 0.344 e. The standard InChI is InChI=1S/C7H10N2O4/c10-6(11)5-2-1-4-3-8(5)7(12)9(4)13/h4-5,13H,1-3H2,(H,10,11). The summed E-state index contributed by atoms with van der Waals surface area (Å²) in [6, 6.07) is -1.57. The molecule has 6 nitrogen and oxygen atoms in total. The van der Waals surface area contributed by atoms with Crippen molar-refractivity contribution in [1.29, 1.82) is 0 Å². The van der Waals surface area contributed by atoms with Crippen LogP contribution in [0.25, 0.3) is 0 Å². The Balaban J connectivity index is 2.22. The molecule has 0 aromatic heterocycles. The minimum absolute atomic E-state index is 0.219. The second-order valence-electron chi connectivity index (χ2n) is 3.36. The molecule has 2 aliphatic heterocycles. The summed E-state index contributed by atoms with van der Waals surface area (Å²) in [5, 5.41) is 18.6. The number of piperidine rings is 1. The van der Waals surface area contributed by atoms with Gasteiger partial charge in [0.25, 0.3) is 0 Å². The van der Waals surface area contributed by atoms with Gasteiger partial charge in [0.2, 0.25) is 0 Å². The minimum atomic E-state index is -0.998. The van der Waals surface area contributed by atoms with Gasteiger partial charge in [0.15, 0.2) is 0 Å². The van der Waals surface area contributed by atoms with E-state index in [9.17, 15) is 14.8 Å². The molecule has 2 heterocycles. The summed E-state index contributed by atoms with van der Waals surface area (Å²) >= 11 is 0. The summed E-state index contributed by atoms with van der Waals surface area (Å²) in [7, 11) is 0. The molecule has 13 heavy (non-hydrogen) atoms. The van der Waals surface area contributed by atoms with Gasteiger partial charge in [0.1, 0.15) is 6.04 Å². The zero-order valence-electron chi connectivity index (χ0n) is 6.88. The van der Waals surface area contributed by atoms with E-state index in [-0.39, 0.29) is 6.04 Å². The lowest BCUT2D eigenvalue weighted by Gasteiger charge is -2.26. The van der Waals surface area contributed by atoms with E-state index in [0.717, 1.165) is 0 Å². The number of aliphatic carboxylic acids is 1. The van der Waals surface area contributed by atoms with E-state index in [4.69, 9.17) is 5.11 Å². The molecule has 2 fully saturated rings. The second kappa shape index (κ2) is 2.59. The topological polar surface area (TPSA) is 81.1 Å². The van der Waals surface area contributed by atoms with E-state index < -0.39 is 18.0 Å². The number of hydroxylamine groups is 2. The van der Waals surface area contributed by atoms with Crippen molar-refractivity contribution in [2.75, 3.05) is 6.54 Å². The van der Waals surface area contributed by atoms with Crippen LogP contribution in [0.2, 0.25) is 0 Å². The van der Waals surface area contributed by atoms with Crippen LogP contribution in [-0.2, 0) is 4.79 Å². The lowest BCUT2D eigenvalue weighted by atomic mass is 10.0. The van der Waals surface area contributed by atoms with E-state index in [2.05, 4.69) is 0 Å². The summed E-state index contributed by atoms with van der Waals surface area (Å²) in [5.41, 5.74) is 0. The Bertz CT molecular complexity index is 267. The molecule has 72 valence electrons. The first-order chi connectivity index (χ1) is 6.11. The summed E-state index contributed by atoms with van der Waals surface area (Å²) in [6.45, 7) is 0.326. The minimum Gasteiger partial charge on any atom is -0.480 e. The van der Waals surface area contributed by atoms with Crippen LogP contribution in [0.4, 0.5) is 4.79 Å². The SMILES string of the molecule is O=C(O)C1CCC2CN1C(=O)N2O. The number of hydrogen-bond acceptors (Lipinski definition) is 3. The summed E-state index contributed by atoms with van der Waals surface area (Å²) in [6.07, 6.45) is 0.971. The van der Waals surface area contributed by atoms with Crippen LogP contribution >= 0.6 is 0 Å². The molecule has 2 aliphatic rings. The number of urea groups is 1. The normalized spacial score (nSPS) is 32.5. The van der Waals surface area contributed by atoms with Gasteiger partial charge in [-0.05, 0) is 12.8 Å². The van der Waals surface area contributed by atoms with Crippen molar-refractivity contribution < 1.29 is 19.9 Å². The molecule has 0 aliphatic carbocycles. The van der Waals surface area contributed by atoms with E-state index in [1.54, 1.807) is 0 Å². The molecule has 0 aromatic rings. The summed E-state index contributed by atoms with van der Waals surface area (Å²) in [4.78, 5) is 23.1. The largest absolute Gasteiger partial charge is 0.480 e.